The third kappa shape index (κ3) is 3.95. The summed E-state index contributed by atoms with van der Waals surface area (Å²) in [5, 5.41) is 3.06. The van der Waals surface area contributed by atoms with Crippen LogP contribution < -0.4 is 16.0 Å². The van der Waals surface area contributed by atoms with Crippen LogP contribution in [0.5, 0.6) is 0 Å². The number of anilines is 4. The lowest BCUT2D eigenvalue weighted by molar-refractivity contribution is -0.131. The van der Waals surface area contributed by atoms with Crippen LogP contribution in [0.2, 0.25) is 0 Å². The maximum Gasteiger partial charge on any atom is 0.246 e. The minimum Gasteiger partial charge on any atom is -0.382 e. The van der Waals surface area contributed by atoms with Crippen molar-refractivity contribution < 1.29 is 9.18 Å². The fraction of sp³-hybridized carbons (Fsp3) is 0.364. The number of likely N-dealkylation sites (N-methyl/N-ethyl adjacent to an activating group) is 1. The Bertz CT molecular complexity index is 1210. The zero-order valence-corrected chi connectivity index (χ0v) is 18.4. The molecule has 2 fully saturated rings. The van der Waals surface area contributed by atoms with Crippen molar-refractivity contribution >= 4 is 40.2 Å². The van der Waals surface area contributed by atoms with Crippen molar-refractivity contribution in [2.75, 3.05) is 62.3 Å². The first-order chi connectivity index (χ1) is 15.9. The fourth-order valence-electron chi connectivity index (χ4n) is 4.22. The fourth-order valence-corrected chi connectivity index (χ4v) is 4.22. The molecule has 2 aliphatic rings. The van der Waals surface area contributed by atoms with Gasteiger partial charge in [-0.15, -0.1) is 0 Å². The molecule has 1 amide bonds. The molecule has 2 aromatic heterocycles. The van der Waals surface area contributed by atoms with Gasteiger partial charge in [-0.25, -0.2) is 9.37 Å². The van der Waals surface area contributed by atoms with Crippen molar-refractivity contribution in [1.82, 2.24) is 29.3 Å². The van der Waals surface area contributed by atoms with E-state index >= 15 is 0 Å². The normalized spacial score (nSPS) is 17.3. The molecule has 3 aromatic rings. The standard InChI is InChI=1S/C22H26FN9O/c1-3-18(33)31-11-15(12-31)32-13-25-19-20(24)27-22(28-21(19)32)26-14-4-5-17(16(23)10-14)30-8-6-29(2)7-9-30/h3-5,10,13,15H,1,6-9,11-12H2,2H3,(H3,24,26,27,28). The van der Waals surface area contributed by atoms with Crippen LogP contribution in [0.15, 0.2) is 37.2 Å². The minimum absolute atomic E-state index is 0.0429. The molecule has 1 aromatic carbocycles. The molecular weight excluding hydrogens is 425 g/mol. The first kappa shape index (κ1) is 21.1. The molecule has 0 spiro atoms. The number of carbonyl (C=O) groups is 1. The van der Waals surface area contributed by atoms with E-state index in [0.29, 0.717) is 35.6 Å². The number of aromatic nitrogens is 4. The Morgan fingerprint density at radius 1 is 1.24 bits per heavy atom. The van der Waals surface area contributed by atoms with E-state index in [-0.39, 0.29) is 29.5 Å². The predicted molar refractivity (Wildman–Crippen MR) is 125 cm³/mol. The number of carbonyl (C=O) groups excluding carboxylic acids is 1. The Morgan fingerprint density at radius 2 is 2.00 bits per heavy atom. The molecule has 5 rings (SSSR count). The summed E-state index contributed by atoms with van der Waals surface area (Å²) in [5.41, 5.74) is 8.29. The summed E-state index contributed by atoms with van der Waals surface area (Å²) in [6.45, 7) is 7.99. The number of nitrogen functional groups attached to an aromatic ring is 1. The monoisotopic (exact) mass is 451 g/mol. The number of nitrogens with one attached hydrogen (secondary N) is 1. The zero-order valence-electron chi connectivity index (χ0n) is 18.4. The number of imidazole rings is 1. The molecule has 0 bridgehead atoms. The van der Waals surface area contributed by atoms with Gasteiger partial charge in [0, 0.05) is 45.0 Å². The van der Waals surface area contributed by atoms with Crippen LogP contribution in [0.3, 0.4) is 0 Å². The summed E-state index contributed by atoms with van der Waals surface area (Å²) >= 11 is 0. The van der Waals surface area contributed by atoms with Gasteiger partial charge in [0.2, 0.25) is 11.9 Å². The van der Waals surface area contributed by atoms with Crippen molar-refractivity contribution in [2.24, 2.45) is 0 Å². The molecule has 172 valence electrons. The van der Waals surface area contributed by atoms with Gasteiger partial charge in [0.1, 0.15) is 11.3 Å². The smallest absolute Gasteiger partial charge is 0.246 e. The molecule has 33 heavy (non-hydrogen) atoms. The maximum atomic E-state index is 14.9. The molecular formula is C22H26FN9O. The highest BCUT2D eigenvalue weighted by molar-refractivity contribution is 5.88. The lowest BCUT2D eigenvalue weighted by Crippen LogP contribution is -2.50. The molecule has 11 heteroatoms. The SMILES string of the molecule is C=CC(=O)N1CC(n2cnc3c(N)nc(Nc4ccc(N5CCN(C)CC5)c(F)c4)nc32)C1. The molecule has 0 saturated carbocycles. The molecule has 10 nitrogen and oxygen atoms in total. The van der Waals surface area contributed by atoms with Crippen molar-refractivity contribution in [1.29, 1.82) is 0 Å². The van der Waals surface area contributed by atoms with Crippen LogP contribution >= 0.6 is 0 Å². The van der Waals surface area contributed by atoms with Crippen molar-refractivity contribution in [3.05, 3.63) is 43.0 Å². The molecule has 0 radical (unpaired) electrons. The Labute approximate surface area is 190 Å². The van der Waals surface area contributed by atoms with E-state index in [9.17, 15) is 9.18 Å². The number of nitrogens with zero attached hydrogens (tertiary/aromatic N) is 7. The average molecular weight is 452 g/mol. The number of benzene rings is 1. The van der Waals surface area contributed by atoms with Crippen LogP contribution in [-0.2, 0) is 4.79 Å². The van der Waals surface area contributed by atoms with Gasteiger partial charge in [-0.3, -0.25) is 4.79 Å². The molecule has 0 atom stereocenters. The number of amides is 1. The van der Waals surface area contributed by atoms with Gasteiger partial charge in [0.05, 0.1) is 18.1 Å². The van der Waals surface area contributed by atoms with Gasteiger partial charge in [0.25, 0.3) is 0 Å². The summed E-state index contributed by atoms with van der Waals surface area (Å²) < 4.78 is 16.7. The summed E-state index contributed by atoms with van der Waals surface area (Å²) in [7, 11) is 2.07. The highest BCUT2D eigenvalue weighted by atomic mass is 19.1. The number of rotatable bonds is 5. The van der Waals surface area contributed by atoms with E-state index in [1.807, 2.05) is 10.6 Å². The third-order valence-electron chi connectivity index (χ3n) is 6.24. The van der Waals surface area contributed by atoms with E-state index < -0.39 is 0 Å². The largest absolute Gasteiger partial charge is 0.382 e. The highest BCUT2D eigenvalue weighted by Gasteiger charge is 2.32. The quantitative estimate of drug-likeness (QED) is 0.564. The van der Waals surface area contributed by atoms with Crippen molar-refractivity contribution in [2.45, 2.75) is 6.04 Å². The summed E-state index contributed by atoms with van der Waals surface area (Å²) in [4.78, 5) is 30.9. The van der Waals surface area contributed by atoms with Crippen LogP contribution in [0.1, 0.15) is 6.04 Å². The van der Waals surface area contributed by atoms with Gasteiger partial charge in [-0.1, -0.05) is 6.58 Å². The average Bonchev–Trinajstić information content (AvgIpc) is 3.18. The van der Waals surface area contributed by atoms with Crippen LogP contribution in [0, 0.1) is 5.82 Å². The second-order valence-corrected chi connectivity index (χ2v) is 8.44. The van der Waals surface area contributed by atoms with Crippen molar-refractivity contribution in [3.63, 3.8) is 0 Å². The number of fused-ring (bicyclic) bond motifs is 1. The van der Waals surface area contributed by atoms with Gasteiger partial charge in [-0.2, -0.15) is 9.97 Å². The Morgan fingerprint density at radius 3 is 2.70 bits per heavy atom. The first-order valence-corrected chi connectivity index (χ1v) is 10.8. The second-order valence-electron chi connectivity index (χ2n) is 8.44. The number of halogens is 1. The molecule has 2 saturated heterocycles. The van der Waals surface area contributed by atoms with Crippen LogP contribution in [0.25, 0.3) is 11.2 Å². The number of hydrogen-bond donors (Lipinski definition) is 2. The van der Waals surface area contributed by atoms with E-state index in [2.05, 4.69) is 43.7 Å². The Kier molecular flexibility index (Phi) is 5.33. The van der Waals surface area contributed by atoms with E-state index in [4.69, 9.17) is 5.73 Å². The van der Waals surface area contributed by atoms with Crippen LogP contribution in [0.4, 0.5) is 27.5 Å². The number of piperazine rings is 1. The molecule has 2 aliphatic heterocycles. The van der Waals surface area contributed by atoms with E-state index in [1.54, 1.807) is 17.3 Å². The maximum absolute atomic E-state index is 14.9. The molecule has 0 unspecified atom stereocenters. The first-order valence-electron chi connectivity index (χ1n) is 10.8. The molecule has 3 N–H and O–H groups in total. The number of likely N-dealkylation sites (tertiary alicyclic amines) is 1. The van der Waals surface area contributed by atoms with Crippen LogP contribution in [-0.4, -0.2) is 81.5 Å². The van der Waals surface area contributed by atoms with E-state index in [0.717, 1.165) is 26.2 Å². The second kappa shape index (κ2) is 8.32. The Hall–Kier alpha value is -3.73. The minimum atomic E-state index is -0.301. The van der Waals surface area contributed by atoms with Gasteiger partial charge in [-0.05, 0) is 31.3 Å². The van der Waals surface area contributed by atoms with Gasteiger partial charge >= 0.3 is 0 Å². The lowest BCUT2D eigenvalue weighted by atomic mass is 10.1. The van der Waals surface area contributed by atoms with Gasteiger partial charge in [0.15, 0.2) is 11.5 Å². The highest BCUT2D eigenvalue weighted by Crippen LogP contribution is 2.29. The number of nitrogens with two attached hydrogens (primary N) is 1. The van der Waals surface area contributed by atoms with E-state index in [1.165, 1.54) is 12.1 Å². The summed E-state index contributed by atoms with van der Waals surface area (Å²) in [6.07, 6.45) is 2.96. The zero-order chi connectivity index (χ0) is 23.1. The number of hydrogen-bond acceptors (Lipinski definition) is 8. The van der Waals surface area contributed by atoms with Crippen molar-refractivity contribution in [3.8, 4) is 0 Å². The Balaban J connectivity index is 1.35. The van der Waals surface area contributed by atoms with Gasteiger partial charge < -0.3 is 30.3 Å². The third-order valence-corrected chi connectivity index (χ3v) is 6.24. The summed E-state index contributed by atoms with van der Waals surface area (Å²) in [5.74, 6) is 0.0836. The lowest BCUT2D eigenvalue weighted by Gasteiger charge is -2.39. The molecule has 0 aliphatic carbocycles. The predicted octanol–water partition coefficient (Wildman–Crippen LogP) is 1.61. The summed E-state index contributed by atoms with van der Waals surface area (Å²) in [6, 6.07) is 5.07. The topological polar surface area (TPSA) is 108 Å². The molecule has 4 heterocycles.